The summed E-state index contributed by atoms with van der Waals surface area (Å²) >= 11 is 0. The van der Waals surface area contributed by atoms with Crippen LogP contribution in [0.1, 0.15) is 33.6 Å². The van der Waals surface area contributed by atoms with Crippen molar-refractivity contribution < 1.29 is 14.3 Å². The van der Waals surface area contributed by atoms with E-state index in [0.29, 0.717) is 26.1 Å². The van der Waals surface area contributed by atoms with Gasteiger partial charge in [0.1, 0.15) is 5.54 Å². The highest BCUT2D eigenvalue weighted by atomic mass is 16.5. The quantitative estimate of drug-likeness (QED) is 0.732. The normalized spacial score (nSPS) is 26.4. The van der Waals surface area contributed by atoms with E-state index in [1.165, 1.54) is 0 Å². The smallest absolute Gasteiger partial charge is 0.326 e. The van der Waals surface area contributed by atoms with Crippen molar-refractivity contribution in [2.24, 2.45) is 0 Å². The summed E-state index contributed by atoms with van der Waals surface area (Å²) in [6.45, 7) is 8.54. The number of esters is 1. The van der Waals surface area contributed by atoms with Crippen LogP contribution in [0.2, 0.25) is 0 Å². The lowest BCUT2D eigenvalue weighted by Gasteiger charge is -2.43. The summed E-state index contributed by atoms with van der Waals surface area (Å²) in [5.41, 5.74) is -0.899. The second kappa shape index (κ2) is 6.68. The minimum atomic E-state index is -0.603. The summed E-state index contributed by atoms with van der Waals surface area (Å²) in [6, 6.07) is 0. The lowest BCUT2D eigenvalue weighted by molar-refractivity contribution is -0.164. The molecule has 5 heteroatoms. The van der Waals surface area contributed by atoms with Crippen LogP contribution >= 0.6 is 0 Å². The van der Waals surface area contributed by atoms with Crippen LogP contribution in [0, 0.1) is 0 Å². The number of carbonyl (C=O) groups is 1. The lowest BCUT2D eigenvalue weighted by Crippen LogP contribution is -2.61. The van der Waals surface area contributed by atoms with Gasteiger partial charge >= 0.3 is 5.97 Å². The fourth-order valence-corrected chi connectivity index (χ4v) is 2.55. The van der Waals surface area contributed by atoms with Gasteiger partial charge in [-0.05, 0) is 41.3 Å². The Hall–Kier alpha value is -0.650. The van der Waals surface area contributed by atoms with Gasteiger partial charge in [0.25, 0.3) is 0 Å². The monoisotopic (exact) mass is 272 g/mol. The molecule has 1 rings (SSSR count). The van der Waals surface area contributed by atoms with Crippen LogP contribution in [-0.4, -0.2) is 62.4 Å². The third-order valence-electron chi connectivity index (χ3n) is 3.44. The van der Waals surface area contributed by atoms with Gasteiger partial charge in [0.05, 0.1) is 12.2 Å². The Kier molecular flexibility index (Phi) is 5.77. The van der Waals surface area contributed by atoms with Crippen molar-refractivity contribution in [2.45, 2.75) is 44.8 Å². The molecule has 5 nitrogen and oxygen atoms in total. The van der Waals surface area contributed by atoms with Crippen molar-refractivity contribution in [3.63, 3.8) is 0 Å². The number of rotatable bonds is 6. The van der Waals surface area contributed by atoms with E-state index in [0.717, 1.165) is 13.1 Å². The summed E-state index contributed by atoms with van der Waals surface area (Å²) in [5, 5.41) is 3.41. The topological polar surface area (TPSA) is 50.8 Å². The van der Waals surface area contributed by atoms with Gasteiger partial charge in [0.15, 0.2) is 0 Å². The largest absolute Gasteiger partial charge is 0.465 e. The first-order valence-electron chi connectivity index (χ1n) is 7.02. The summed E-state index contributed by atoms with van der Waals surface area (Å²) in [6.07, 6.45) is 1.31. The average molecular weight is 272 g/mol. The number of likely N-dealkylation sites (N-methyl/N-ethyl adjacent to an activating group) is 1. The molecule has 0 amide bonds. The molecule has 0 aromatic heterocycles. The average Bonchev–Trinajstić information content (AvgIpc) is 2.27. The molecule has 1 aliphatic rings. The number of ether oxygens (including phenoxy) is 2. The Morgan fingerprint density at radius 2 is 2.11 bits per heavy atom. The minimum Gasteiger partial charge on any atom is -0.465 e. The predicted octanol–water partition coefficient (Wildman–Crippen LogP) is 1.03. The molecule has 0 aliphatic carbocycles. The number of hydrogen-bond donors (Lipinski definition) is 1. The van der Waals surface area contributed by atoms with Gasteiger partial charge in [-0.25, -0.2) is 0 Å². The van der Waals surface area contributed by atoms with Gasteiger partial charge in [-0.15, -0.1) is 0 Å². The molecule has 1 aliphatic heterocycles. The van der Waals surface area contributed by atoms with Gasteiger partial charge in [0.2, 0.25) is 0 Å². The summed E-state index contributed by atoms with van der Waals surface area (Å²) < 4.78 is 11.0. The van der Waals surface area contributed by atoms with Crippen molar-refractivity contribution in [3.8, 4) is 0 Å². The van der Waals surface area contributed by atoms with Crippen LogP contribution in [0.3, 0.4) is 0 Å². The first-order chi connectivity index (χ1) is 8.81. The summed E-state index contributed by atoms with van der Waals surface area (Å²) in [7, 11) is 4.04. The lowest BCUT2D eigenvalue weighted by atomic mass is 9.81. The Balaban J connectivity index is 2.75. The molecule has 1 N–H and O–H groups in total. The number of nitrogens with zero attached hydrogens (tertiary/aromatic N) is 1. The molecule has 1 atom stereocenters. The van der Waals surface area contributed by atoms with Crippen LogP contribution < -0.4 is 5.32 Å². The first kappa shape index (κ1) is 16.4. The van der Waals surface area contributed by atoms with Gasteiger partial charge in [-0.3, -0.25) is 4.79 Å². The zero-order chi connectivity index (χ0) is 14.5. The van der Waals surface area contributed by atoms with E-state index in [1.807, 2.05) is 34.9 Å². The van der Waals surface area contributed by atoms with Crippen LogP contribution in [0.15, 0.2) is 0 Å². The number of nitrogens with one attached hydrogen (secondary N) is 1. The standard InChI is InChI=1S/C14H28N2O3/c1-6-18-12(17)14(15-8-9-16(4)5)7-10-19-13(2,3)11-14/h15H,6-11H2,1-5H3. The van der Waals surface area contributed by atoms with E-state index >= 15 is 0 Å². The minimum absolute atomic E-state index is 0.148. The fourth-order valence-electron chi connectivity index (χ4n) is 2.55. The van der Waals surface area contributed by atoms with E-state index in [-0.39, 0.29) is 11.6 Å². The number of hydrogen-bond acceptors (Lipinski definition) is 5. The number of carbonyl (C=O) groups excluding carboxylic acids is 1. The molecule has 0 aromatic carbocycles. The van der Waals surface area contributed by atoms with Gasteiger partial charge < -0.3 is 19.7 Å². The Labute approximate surface area is 116 Å². The maximum atomic E-state index is 12.3. The molecule has 1 fully saturated rings. The van der Waals surface area contributed by atoms with Gasteiger partial charge in [-0.1, -0.05) is 0 Å². The van der Waals surface area contributed by atoms with Gasteiger partial charge in [0, 0.05) is 26.1 Å². The van der Waals surface area contributed by atoms with E-state index in [2.05, 4.69) is 10.2 Å². The van der Waals surface area contributed by atoms with E-state index < -0.39 is 5.54 Å². The van der Waals surface area contributed by atoms with Crippen LogP contribution in [-0.2, 0) is 14.3 Å². The Bertz CT molecular complexity index is 305. The molecule has 0 radical (unpaired) electrons. The Morgan fingerprint density at radius 1 is 1.42 bits per heavy atom. The predicted molar refractivity (Wildman–Crippen MR) is 75.2 cm³/mol. The first-order valence-corrected chi connectivity index (χ1v) is 7.02. The highest BCUT2D eigenvalue weighted by Gasteiger charge is 2.47. The second-order valence-electron chi connectivity index (χ2n) is 6.07. The van der Waals surface area contributed by atoms with E-state index in [9.17, 15) is 4.79 Å². The molecule has 1 saturated heterocycles. The van der Waals surface area contributed by atoms with Crippen LogP contribution in [0.4, 0.5) is 0 Å². The molecular weight excluding hydrogens is 244 g/mol. The third-order valence-corrected chi connectivity index (χ3v) is 3.44. The SMILES string of the molecule is CCOC(=O)C1(NCCN(C)C)CCOC(C)(C)C1. The third kappa shape index (κ3) is 4.75. The van der Waals surface area contributed by atoms with Crippen molar-refractivity contribution in [2.75, 3.05) is 40.4 Å². The zero-order valence-corrected chi connectivity index (χ0v) is 12.9. The molecule has 19 heavy (non-hydrogen) atoms. The van der Waals surface area contributed by atoms with Crippen molar-refractivity contribution in [3.05, 3.63) is 0 Å². The summed E-state index contributed by atoms with van der Waals surface area (Å²) in [5.74, 6) is -0.148. The fraction of sp³-hybridized carbons (Fsp3) is 0.929. The van der Waals surface area contributed by atoms with Crippen molar-refractivity contribution in [1.29, 1.82) is 0 Å². The molecule has 0 bridgehead atoms. The molecule has 1 unspecified atom stereocenters. The summed E-state index contributed by atoms with van der Waals surface area (Å²) in [4.78, 5) is 14.4. The molecule has 112 valence electrons. The van der Waals surface area contributed by atoms with E-state index in [4.69, 9.17) is 9.47 Å². The molecule has 0 saturated carbocycles. The highest BCUT2D eigenvalue weighted by Crippen LogP contribution is 2.33. The maximum Gasteiger partial charge on any atom is 0.326 e. The Morgan fingerprint density at radius 3 is 2.63 bits per heavy atom. The highest BCUT2D eigenvalue weighted by molar-refractivity contribution is 5.81. The second-order valence-corrected chi connectivity index (χ2v) is 6.07. The van der Waals surface area contributed by atoms with Gasteiger partial charge in [-0.2, -0.15) is 0 Å². The van der Waals surface area contributed by atoms with Crippen molar-refractivity contribution >= 4 is 5.97 Å². The molecular formula is C14H28N2O3. The maximum absolute atomic E-state index is 12.3. The van der Waals surface area contributed by atoms with Crippen molar-refractivity contribution in [1.82, 2.24) is 10.2 Å². The van der Waals surface area contributed by atoms with Crippen LogP contribution in [0.25, 0.3) is 0 Å². The molecule has 0 spiro atoms. The van der Waals surface area contributed by atoms with Crippen LogP contribution in [0.5, 0.6) is 0 Å². The zero-order valence-electron chi connectivity index (χ0n) is 12.9. The molecule has 0 aromatic rings. The van der Waals surface area contributed by atoms with E-state index in [1.54, 1.807) is 0 Å². The molecule has 1 heterocycles.